The predicted octanol–water partition coefficient (Wildman–Crippen LogP) is 5.18. The van der Waals surface area contributed by atoms with Crippen molar-refractivity contribution in [2.45, 2.75) is 0 Å². The topological polar surface area (TPSA) is 73.6 Å². The highest BCUT2D eigenvalue weighted by Crippen LogP contribution is 2.27. The van der Waals surface area contributed by atoms with E-state index in [0.29, 0.717) is 28.6 Å². The third kappa shape index (κ3) is 4.00. The molecule has 0 radical (unpaired) electrons. The van der Waals surface area contributed by atoms with Crippen LogP contribution in [0.1, 0.15) is 10.5 Å². The number of carboxylic acids is 1. The van der Waals surface area contributed by atoms with Crippen molar-refractivity contribution >= 4 is 5.97 Å². The number of aromatic nitrogens is 2. The van der Waals surface area contributed by atoms with Gasteiger partial charge in [-0.2, -0.15) is 5.10 Å². The summed E-state index contributed by atoms with van der Waals surface area (Å²) < 4.78 is 25.2. The average molecular weight is 404 g/mol. The van der Waals surface area contributed by atoms with Gasteiger partial charge in [0.05, 0.1) is 18.5 Å². The fourth-order valence-electron chi connectivity index (χ4n) is 2.93. The zero-order chi connectivity index (χ0) is 21.1. The molecule has 0 saturated carbocycles. The molecule has 3 aromatic carbocycles. The van der Waals surface area contributed by atoms with Crippen LogP contribution in [0.2, 0.25) is 0 Å². The molecule has 1 aromatic heterocycles. The van der Waals surface area contributed by atoms with Crippen LogP contribution in [-0.2, 0) is 0 Å². The van der Waals surface area contributed by atoms with E-state index >= 15 is 0 Å². The van der Waals surface area contributed by atoms with Crippen LogP contribution in [-0.4, -0.2) is 28.0 Å². The largest absolute Gasteiger partial charge is 0.497 e. The number of rotatable bonds is 6. The number of nitrogens with zero attached hydrogens (tertiary/aromatic N) is 2. The van der Waals surface area contributed by atoms with Crippen molar-refractivity contribution < 1.29 is 23.8 Å². The number of carbonyl (C=O) groups is 1. The lowest BCUT2D eigenvalue weighted by Gasteiger charge is -2.06. The Bertz CT molecular complexity index is 1170. The summed E-state index contributed by atoms with van der Waals surface area (Å²) in [5, 5.41) is 14.0. The van der Waals surface area contributed by atoms with Gasteiger partial charge in [-0.1, -0.05) is 0 Å². The standard InChI is InChI=1S/C23H17FN2O4/c1-29-18-12-6-17(7-13-18)26-22(23(27)28)14-21(25-26)15-2-8-19(9-3-15)30-20-10-4-16(24)5-11-20/h2-14H,1H3,(H,27,28). The highest BCUT2D eigenvalue weighted by atomic mass is 19.1. The zero-order valence-electron chi connectivity index (χ0n) is 15.9. The maximum absolute atomic E-state index is 13.0. The molecule has 1 N–H and O–H groups in total. The minimum atomic E-state index is -1.08. The molecule has 4 aromatic rings. The Hall–Kier alpha value is -4.13. The minimum absolute atomic E-state index is 0.0433. The lowest BCUT2D eigenvalue weighted by atomic mass is 10.1. The van der Waals surface area contributed by atoms with Crippen molar-refractivity contribution in [2.24, 2.45) is 0 Å². The SMILES string of the molecule is COc1ccc(-n2nc(-c3ccc(Oc4ccc(F)cc4)cc3)cc2C(=O)O)cc1. The summed E-state index contributed by atoms with van der Waals surface area (Å²) in [4.78, 5) is 11.7. The van der Waals surface area contributed by atoms with E-state index in [4.69, 9.17) is 9.47 Å². The molecule has 0 bridgehead atoms. The maximum Gasteiger partial charge on any atom is 0.354 e. The second kappa shape index (κ2) is 8.08. The number of hydrogen-bond acceptors (Lipinski definition) is 4. The van der Waals surface area contributed by atoms with Crippen LogP contribution in [0.3, 0.4) is 0 Å². The quantitative estimate of drug-likeness (QED) is 0.479. The van der Waals surface area contributed by atoms with Crippen molar-refractivity contribution in [1.82, 2.24) is 9.78 Å². The Kier molecular flexibility index (Phi) is 5.17. The monoisotopic (exact) mass is 404 g/mol. The van der Waals surface area contributed by atoms with E-state index in [2.05, 4.69) is 5.10 Å². The van der Waals surface area contributed by atoms with Crippen LogP contribution in [0.5, 0.6) is 17.2 Å². The molecule has 0 spiro atoms. The van der Waals surface area contributed by atoms with Gasteiger partial charge in [-0.05, 0) is 78.9 Å². The van der Waals surface area contributed by atoms with Crippen molar-refractivity contribution in [3.05, 3.63) is 90.4 Å². The summed E-state index contributed by atoms with van der Waals surface area (Å²) in [6, 6.07) is 21.2. The second-order valence-corrected chi connectivity index (χ2v) is 6.41. The summed E-state index contributed by atoms with van der Waals surface area (Å²) in [5.41, 5.74) is 1.89. The highest BCUT2D eigenvalue weighted by Gasteiger charge is 2.17. The van der Waals surface area contributed by atoms with Crippen LogP contribution in [0.15, 0.2) is 78.9 Å². The lowest BCUT2D eigenvalue weighted by molar-refractivity contribution is 0.0687. The fraction of sp³-hybridized carbons (Fsp3) is 0.0435. The second-order valence-electron chi connectivity index (χ2n) is 6.41. The van der Waals surface area contributed by atoms with E-state index < -0.39 is 5.97 Å². The zero-order valence-corrected chi connectivity index (χ0v) is 15.9. The van der Waals surface area contributed by atoms with Gasteiger partial charge >= 0.3 is 5.97 Å². The molecule has 4 rings (SSSR count). The average Bonchev–Trinajstić information content (AvgIpc) is 3.22. The van der Waals surface area contributed by atoms with Gasteiger partial charge < -0.3 is 14.6 Å². The van der Waals surface area contributed by atoms with Crippen LogP contribution >= 0.6 is 0 Å². The molecule has 30 heavy (non-hydrogen) atoms. The van der Waals surface area contributed by atoms with E-state index in [0.717, 1.165) is 5.56 Å². The number of carboxylic acid groups (broad SMARTS) is 1. The van der Waals surface area contributed by atoms with E-state index in [-0.39, 0.29) is 11.5 Å². The molecule has 0 aliphatic rings. The molecule has 7 heteroatoms. The molecule has 150 valence electrons. The fourth-order valence-corrected chi connectivity index (χ4v) is 2.93. The first-order valence-electron chi connectivity index (χ1n) is 9.05. The third-order valence-corrected chi connectivity index (χ3v) is 4.44. The summed E-state index contributed by atoms with van der Waals surface area (Å²) in [6.45, 7) is 0. The van der Waals surface area contributed by atoms with E-state index in [9.17, 15) is 14.3 Å². The number of aromatic carboxylic acids is 1. The Morgan fingerprint density at radius 1 is 0.900 bits per heavy atom. The first-order valence-corrected chi connectivity index (χ1v) is 9.05. The van der Waals surface area contributed by atoms with Gasteiger partial charge in [0.15, 0.2) is 5.69 Å². The Labute approximate surface area is 171 Å². The minimum Gasteiger partial charge on any atom is -0.497 e. The van der Waals surface area contributed by atoms with Gasteiger partial charge in [0.25, 0.3) is 0 Å². The molecule has 0 atom stereocenters. The molecule has 6 nitrogen and oxygen atoms in total. The van der Waals surface area contributed by atoms with Crippen LogP contribution in [0.25, 0.3) is 16.9 Å². The Morgan fingerprint density at radius 2 is 1.47 bits per heavy atom. The predicted molar refractivity (Wildman–Crippen MR) is 109 cm³/mol. The first kappa shape index (κ1) is 19.2. The maximum atomic E-state index is 13.0. The number of halogens is 1. The highest BCUT2D eigenvalue weighted by molar-refractivity contribution is 5.88. The van der Waals surface area contributed by atoms with E-state index in [1.165, 1.54) is 22.9 Å². The van der Waals surface area contributed by atoms with Crippen molar-refractivity contribution in [2.75, 3.05) is 7.11 Å². The van der Waals surface area contributed by atoms with Gasteiger partial charge in [-0.15, -0.1) is 0 Å². The lowest BCUT2D eigenvalue weighted by Crippen LogP contribution is -2.07. The van der Waals surface area contributed by atoms with Crippen molar-refractivity contribution in [3.8, 4) is 34.2 Å². The molecular formula is C23H17FN2O4. The molecule has 0 saturated heterocycles. The molecule has 0 fully saturated rings. The molecule has 0 unspecified atom stereocenters. The van der Waals surface area contributed by atoms with Gasteiger partial charge in [0, 0.05) is 5.56 Å². The van der Waals surface area contributed by atoms with Gasteiger partial charge in [0.1, 0.15) is 23.1 Å². The molecule has 1 heterocycles. The molecule has 0 aliphatic heterocycles. The Balaban J connectivity index is 1.61. The summed E-state index contributed by atoms with van der Waals surface area (Å²) in [6.07, 6.45) is 0. The number of ether oxygens (including phenoxy) is 2. The van der Waals surface area contributed by atoms with E-state index in [1.807, 2.05) is 0 Å². The van der Waals surface area contributed by atoms with Gasteiger partial charge in [0.2, 0.25) is 0 Å². The molecule has 0 aliphatic carbocycles. The molecule has 0 amide bonds. The van der Waals surface area contributed by atoms with Gasteiger partial charge in [-0.3, -0.25) is 0 Å². The van der Waals surface area contributed by atoms with Crippen LogP contribution in [0, 0.1) is 5.82 Å². The smallest absolute Gasteiger partial charge is 0.354 e. The number of methoxy groups -OCH3 is 1. The van der Waals surface area contributed by atoms with Crippen molar-refractivity contribution in [1.29, 1.82) is 0 Å². The first-order chi connectivity index (χ1) is 14.5. The molecular weight excluding hydrogens is 387 g/mol. The van der Waals surface area contributed by atoms with E-state index in [1.54, 1.807) is 67.8 Å². The summed E-state index contributed by atoms with van der Waals surface area (Å²) in [7, 11) is 1.56. The number of hydrogen-bond donors (Lipinski definition) is 1. The third-order valence-electron chi connectivity index (χ3n) is 4.44. The van der Waals surface area contributed by atoms with Crippen molar-refractivity contribution in [3.63, 3.8) is 0 Å². The van der Waals surface area contributed by atoms with Crippen LogP contribution in [0.4, 0.5) is 4.39 Å². The van der Waals surface area contributed by atoms with Gasteiger partial charge in [-0.25, -0.2) is 13.9 Å². The number of benzene rings is 3. The van der Waals surface area contributed by atoms with Crippen LogP contribution < -0.4 is 9.47 Å². The summed E-state index contributed by atoms with van der Waals surface area (Å²) >= 11 is 0. The normalized spacial score (nSPS) is 10.6. The summed E-state index contributed by atoms with van der Waals surface area (Å²) in [5.74, 6) is 0.333. The Morgan fingerprint density at radius 3 is 2.03 bits per heavy atom.